The molecule has 0 aromatic rings. The van der Waals surface area contributed by atoms with Gasteiger partial charge in [0.25, 0.3) is 0 Å². The molecule has 0 aliphatic carbocycles. The van der Waals surface area contributed by atoms with Crippen LogP contribution in [-0.4, -0.2) is 59.9 Å². The maximum Gasteiger partial charge on any atom is 0.238 e. The van der Waals surface area contributed by atoms with E-state index >= 15 is 0 Å². The van der Waals surface area contributed by atoms with Crippen molar-refractivity contribution in [3.63, 3.8) is 0 Å². The van der Waals surface area contributed by atoms with E-state index in [2.05, 4.69) is 11.4 Å². The molecule has 0 unspecified atom stereocenters. The fraction of sp³-hybridized carbons (Fsp3) is 0.812. The van der Waals surface area contributed by atoms with Crippen LogP contribution in [0.2, 0.25) is 0 Å². The molecule has 0 aliphatic rings. The van der Waals surface area contributed by atoms with Crippen molar-refractivity contribution < 1.29 is 9.59 Å². The number of amides is 2. The maximum atomic E-state index is 12.3. The van der Waals surface area contributed by atoms with Gasteiger partial charge in [-0.05, 0) is 40.7 Å². The zero-order valence-corrected chi connectivity index (χ0v) is 14.9. The Kier molecular flexibility index (Phi) is 8.10. The molecule has 0 fully saturated rings. The van der Waals surface area contributed by atoms with E-state index in [9.17, 15) is 14.9 Å². The summed E-state index contributed by atoms with van der Waals surface area (Å²) in [5.41, 5.74) is -0.908. The van der Waals surface area contributed by atoms with E-state index in [0.29, 0.717) is 13.1 Å². The standard InChI is InChI=1S/C16H30N4O2/c1-8-20(9-2)14(21)10-19(7)13(5)15(22)18-16(6,11-17)12(3)4/h12-13H,8-10H2,1-7H3,(H,18,22)/t13-,16+/m1/s1. The smallest absolute Gasteiger partial charge is 0.238 e. The third kappa shape index (κ3) is 5.30. The largest absolute Gasteiger partial charge is 0.342 e. The molecule has 0 heterocycles. The summed E-state index contributed by atoms with van der Waals surface area (Å²) in [5.74, 6) is -0.247. The van der Waals surface area contributed by atoms with Gasteiger partial charge in [-0.15, -0.1) is 0 Å². The number of carbonyl (C=O) groups excluding carboxylic acids is 2. The molecule has 1 N–H and O–H groups in total. The lowest BCUT2D eigenvalue weighted by atomic mass is 9.90. The third-order valence-corrected chi connectivity index (χ3v) is 4.31. The molecule has 22 heavy (non-hydrogen) atoms. The number of nitrogens with zero attached hydrogens (tertiary/aromatic N) is 3. The Balaban J connectivity index is 4.76. The lowest BCUT2D eigenvalue weighted by molar-refractivity contribution is -0.134. The van der Waals surface area contributed by atoms with Crippen molar-refractivity contribution in [1.82, 2.24) is 15.1 Å². The van der Waals surface area contributed by atoms with Gasteiger partial charge in [-0.1, -0.05) is 13.8 Å². The van der Waals surface area contributed by atoms with Crippen molar-refractivity contribution in [2.24, 2.45) is 5.92 Å². The van der Waals surface area contributed by atoms with Gasteiger partial charge in [0.1, 0.15) is 5.54 Å². The topological polar surface area (TPSA) is 76.4 Å². The van der Waals surface area contributed by atoms with Crippen LogP contribution in [0.3, 0.4) is 0 Å². The summed E-state index contributed by atoms with van der Waals surface area (Å²) in [6.45, 7) is 12.6. The Morgan fingerprint density at radius 1 is 1.23 bits per heavy atom. The molecule has 0 bridgehead atoms. The zero-order valence-electron chi connectivity index (χ0n) is 14.9. The van der Waals surface area contributed by atoms with Crippen molar-refractivity contribution in [3.05, 3.63) is 0 Å². The van der Waals surface area contributed by atoms with Crippen LogP contribution in [-0.2, 0) is 9.59 Å². The van der Waals surface area contributed by atoms with Crippen LogP contribution >= 0.6 is 0 Å². The second kappa shape index (κ2) is 8.74. The van der Waals surface area contributed by atoms with Gasteiger partial charge in [0.15, 0.2) is 0 Å². The van der Waals surface area contributed by atoms with Crippen molar-refractivity contribution in [1.29, 1.82) is 5.26 Å². The van der Waals surface area contributed by atoms with Crippen LogP contribution in [0.1, 0.15) is 41.5 Å². The van der Waals surface area contributed by atoms with Crippen LogP contribution in [0.5, 0.6) is 0 Å². The second-order valence-corrected chi connectivity index (χ2v) is 6.12. The molecule has 0 aliphatic heterocycles. The fourth-order valence-corrected chi connectivity index (χ4v) is 1.89. The maximum absolute atomic E-state index is 12.3. The molecular weight excluding hydrogens is 280 g/mol. The molecule has 2 atom stereocenters. The summed E-state index contributed by atoms with van der Waals surface area (Å²) in [6, 6.07) is 1.67. The van der Waals surface area contributed by atoms with Gasteiger partial charge in [-0.2, -0.15) is 5.26 Å². The Morgan fingerprint density at radius 3 is 2.09 bits per heavy atom. The van der Waals surface area contributed by atoms with Gasteiger partial charge in [0.05, 0.1) is 18.7 Å². The summed E-state index contributed by atoms with van der Waals surface area (Å²) >= 11 is 0. The first-order chi connectivity index (χ1) is 10.1. The van der Waals surface area contributed by atoms with Gasteiger partial charge in [0, 0.05) is 13.1 Å². The van der Waals surface area contributed by atoms with Gasteiger partial charge in [0.2, 0.25) is 11.8 Å². The Bertz CT molecular complexity index is 426. The number of hydrogen-bond acceptors (Lipinski definition) is 4. The molecule has 0 saturated heterocycles. The molecule has 0 rings (SSSR count). The fourth-order valence-electron chi connectivity index (χ4n) is 1.89. The summed E-state index contributed by atoms with van der Waals surface area (Å²) in [5, 5.41) is 12.1. The highest BCUT2D eigenvalue weighted by atomic mass is 16.2. The SMILES string of the molecule is CCN(CC)C(=O)CN(C)[C@H](C)C(=O)N[C@@](C)(C#N)C(C)C. The second-order valence-electron chi connectivity index (χ2n) is 6.12. The van der Waals surface area contributed by atoms with E-state index < -0.39 is 11.6 Å². The van der Waals surface area contributed by atoms with Crippen LogP contribution in [0.25, 0.3) is 0 Å². The molecule has 0 aromatic heterocycles. The molecule has 6 heteroatoms. The van der Waals surface area contributed by atoms with Gasteiger partial charge >= 0.3 is 0 Å². The van der Waals surface area contributed by atoms with Gasteiger partial charge in [-0.25, -0.2) is 0 Å². The third-order valence-electron chi connectivity index (χ3n) is 4.31. The molecule has 0 saturated carbocycles. The van der Waals surface area contributed by atoms with Crippen LogP contribution < -0.4 is 5.32 Å². The Hall–Kier alpha value is -1.61. The van der Waals surface area contributed by atoms with Crippen LogP contribution in [0.15, 0.2) is 0 Å². The van der Waals surface area contributed by atoms with E-state index in [4.69, 9.17) is 0 Å². The average molecular weight is 310 g/mol. The zero-order chi connectivity index (χ0) is 17.5. The lowest BCUT2D eigenvalue weighted by Crippen LogP contribution is -2.55. The highest BCUT2D eigenvalue weighted by molar-refractivity contribution is 5.84. The van der Waals surface area contributed by atoms with Crippen LogP contribution in [0.4, 0.5) is 0 Å². The Morgan fingerprint density at radius 2 is 1.73 bits per heavy atom. The van der Waals surface area contributed by atoms with E-state index in [-0.39, 0.29) is 24.3 Å². The minimum Gasteiger partial charge on any atom is -0.342 e. The first-order valence-electron chi connectivity index (χ1n) is 7.84. The number of nitrogens with one attached hydrogen (secondary N) is 1. The normalized spacial score (nSPS) is 15.1. The molecule has 2 amide bonds. The predicted molar refractivity (Wildman–Crippen MR) is 87.0 cm³/mol. The minimum absolute atomic E-state index is 0.000875. The van der Waals surface area contributed by atoms with Crippen molar-refractivity contribution in [2.75, 3.05) is 26.7 Å². The van der Waals surface area contributed by atoms with E-state index in [1.54, 1.807) is 30.7 Å². The van der Waals surface area contributed by atoms with Gasteiger partial charge in [-0.3, -0.25) is 14.5 Å². The molecular formula is C16H30N4O2. The highest BCUT2D eigenvalue weighted by Crippen LogP contribution is 2.15. The quantitative estimate of drug-likeness (QED) is 0.731. The van der Waals surface area contributed by atoms with Gasteiger partial charge < -0.3 is 10.2 Å². The first kappa shape index (κ1) is 20.4. The summed E-state index contributed by atoms with van der Waals surface area (Å²) in [6.07, 6.45) is 0. The van der Waals surface area contributed by atoms with E-state index in [1.165, 1.54) is 0 Å². The highest BCUT2D eigenvalue weighted by Gasteiger charge is 2.32. The minimum atomic E-state index is -0.908. The van der Waals surface area contributed by atoms with Crippen molar-refractivity contribution >= 4 is 11.8 Å². The first-order valence-corrected chi connectivity index (χ1v) is 7.84. The lowest BCUT2D eigenvalue weighted by Gasteiger charge is -2.32. The molecule has 0 aromatic carbocycles. The molecule has 126 valence electrons. The van der Waals surface area contributed by atoms with E-state index in [1.807, 2.05) is 27.7 Å². The van der Waals surface area contributed by atoms with Crippen LogP contribution in [0, 0.1) is 17.2 Å². The number of hydrogen-bond donors (Lipinski definition) is 1. The molecule has 0 radical (unpaired) electrons. The number of likely N-dealkylation sites (N-methyl/N-ethyl adjacent to an activating group) is 2. The van der Waals surface area contributed by atoms with Crippen molar-refractivity contribution in [3.8, 4) is 6.07 Å². The number of nitriles is 1. The van der Waals surface area contributed by atoms with Crippen molar-refractivity contribution in [2.45, 2.75) is 53.1 Å². The summed E-state index contributed by atoms with van der Waals surface area (Å²) in [7, 11) is 1.74. The molecule has 0 spiro atoms. The predicted octanol–water partition coefficient (Wildman–Crippen LogP) is 1.23. The summed E-state index contributed by atoms with van der Waals surface area (Å²) < 4.78 is 0. The monoisotopic (exact) mass is 310 g/mol. The summed E-state index contributed by atoms with van der Waals surface area (Å²) in [4.78, 5) is 27.9. The average Bonchev–Trinajstić information content (AvgIpc) is 2.46. The number of rotatable bonds is 8. The molecule has 6 nitrogen and oxygen atoms in total. The number of carbonyl (C=O) groups is 2. The van der Waals surface area contributed by atoms with E-state index in [0.717, 1.165) is 0 Å². The Labute approximate surface area is 134 Å².